The molecule has 1 saturated heterocycles. The van der Waals surface area contributed by atoms with Crippen molar-refractivity contribution in [3.8, 4) is 0 Å². The van der Waals surface area contributed by atoms with Crippen molar-refractivity contribution in [2.45, 2.75) is 32.4 Å². The van der Waals surface area contributed by atoms with Gasteiger partial charge in [-0.1, -0.05) is 6.92 Å². The third kappa shape index (κ3) is 3.03. The van der Waals surface area contributed by atoms with E-state index in [0.717, 1.165) is 19.0 Å². The van der Waals surface area contributed by atoms with Gasteiger partial charge in [0.05, 0.1) is 5.69 Å². The third-order valence-corrected chi connectivity index (χ3v) is 3.96. The number of nitrogens with one attached hydrogen (secondary N) is 1. The van der Waals surface area contributed by atoms with Crippen LogP contribution in [0, 0.1) is 23.4 Å². The van der Waals surface area contributed by atoms with Gasteiger partial charge >= 0.3 is 0 Å². The minimum atomic E-state index is -1.16. The Morgan fingerprint density at radius 2 is 1.74 bits per heavy atom. The molecule has 1 aromatic rings. The lowest BCUT2D eigenvalue weighted by Gasteiger charge is -2.40. The van der Waals surface area contributed by atoms with E-state index < -0.39 is 17.5 Å². The Morgan fingerprint density at radius 1 is 1.11 bits per heavy atom. The third-order valence-electron chi connectivity index (χ3n) is 3.96. The molecule has 0 aliphatic carbocycles. The monoisotopic (exact) mass is 272 g/mol. The molecule has 19 heavy (non-hydrogen) atoms. The molecule has 0 saturated carbocycles. The number of hydrogen-bond acceptors (Lipinski definition) is 2. The molecule has 0 aromatic heterocycles. The summed E-state index contributed by atoms with van der Waals surface area (Å²) in [5, 5.41) is 3.01. The first-order valence-corrected chi connectivity index (χ1v) is 6.49. The van der Waals surface area contributed by atoms with Crippen molar-refractivity contribution >= 4 is 5.69 Å². The van der Waals surface area contributed by atoms with Crippen LogP contribution < -0.4 is 5.32 Å². The highest BCUT2D eigenvalue weighted by Crippen LogP contribution is 2.26. The van der Waals surface area contributed by atoms with Gasteiger partial charge in [0.15, 0.2) is 11.6 Å². The largest absolute Gasteiger partial charge is 0.379 e. The summed E-state index contributed by atoms with van der Waals surface area (Å²) in [6, 6.07) is 1.91. The van der Waals surface area contributed by atoms with Crippen molar-refractivity contribution in [1.82, 2.24) is 4.90 Å². The van der Waals surface area contributed by atoms with E-state index in [1.807, 2.05) is 0 Å². The molecule has 0 bridgehead atoms. The van der Waals surface area contributed by atoms with Gasteiger partial charge in [0.1, 0.15) is 5.82 Å². The van der Waals surface area contributed by atoms with Gasteiger partial charge < -0.3 is 10.2 Å². The summed E-state index contributed by atoms with van der Waals surface area (Å²) in [6.45, 7) is 5.06. The summed E-state index contributed by atoms with van der Waals surface area (Å²) in [7, 11) is 2.05. The normalized spacial score (nSPS) is 28.4. The van der Waals surface area contributed by atoms with Gasteiger partial charge in [-0.3, -0.25) is 0 Å². The zero-order valence-corrected chi connectivity index (χ0v) is 11.4. The maximum atomic E-state index is 13.6. The highest BCUT2D eigenvalue weighted by atomic mass is 19.2. The molecule has 1 aliphatic rings. The molecule has 1 aliphatic heterocycles. The molecule has 106 valence electrons. The summed E-state index contributed by atoms with van der Waals surface area (Å²) in [6.07, 6.45) is 0.843. The van der Waals surface area contributed by atoms with E-state index in [0.29, 0.717) is 18.0 Å². The van der Waals surface area contributed by atoms with E-state index in [1.54, 1.807) is 0 Å². The highest BCUT2D eigenvalue weighted by Gasteiger charge is 2.29. The SMILES string of the molecule is CC1CN(C)C(C)CC1Nc1cc(F)c(F)cc1F. The minimum absolute atomic E-state index is 0.0347. The first-order chi connectivity index (χ1) is 8.88. The Bertz CT molecular complexity index is 464. The van der Waals surface area contributed by atoms with Crippen molar-refractivity contribution in [2.24, 2.45) is 5.92 Å². The van der Waals surface area contributed by atoms with Crippen molar-refractivity contribution in [3.63, 3.8) is 0 Å². The van der Waals surface area contributed by atoms with E-state index in [2.05, 4.69) is 31.1 Å². The molecule has 1 fully saturated rings. The number of nitrogens with zero attached hydrogens (tertiary/aromatic N) is 1. The van der Waals surface area contributed by atoms with Crippen LogP contribution in [0.25, 0.3) is 0 Å². The average molecular weight is 272 g/mol. The summed E-state index contributed by atoms with van der Waals surface area (Å²) in [5.41, 5.74) is 0.0347. The van der Waals surface area contributed by atoms with Crippen molar-refractivity contribution in [2.75, 3.05) is 18.9 Å². The van der Waals surface area contributed by atoms with Crippen LogP contribution in [0.4, 0.5) is 18.9 Å². The van der Waals surface area contributed by atoms with Gasteiger partial charge in [0.2, 0.25) is 0 Å². The topological polar surface area (TPSA) is 15.3 Å². The lowest BCUT2D eigenvalue weighted by atomic mass is 9.89. The number of halogens is 3. The van der Waals surface area contributed by atoms with Crippen LogP contribution >= 0.6 is 0 Å². The van der Waals surface area contributed by atoms with Gasteiger partial charge in [-0.25, -0.2) is 13.2 Å². The summed E-state index contributed by atoms with van der Waals surface area (Å²) < 4.78 is 39.6. The molecule has 0 radical (unpaired) electrons. The molecule has 2 nitrogen and oxygen atoms in total. The first kappa shape index (κ1) is 14.2. The van der Waals surface area contributed by atoms with Crippen LogP contribution in [-0.4, -0.2) is 30.6 Å². The van der Waals surface area contributed by atoms with Crippen LogP contribution in [0.15, 0.2) is 12.1 Å². The van der Waals surface area contributed by atoms with Crippen LogP contribution in [0.5, 0.6) is 0 Å². The number of likely N-dealkylation sites (tertiary alicyclic amines) is 1. The van der Waals surface area contributed by atoms with Crippen LogP contribution in [0.1, 0.15) is 20.3 Å². The fraction of sp³-hybridized carbons (Fsp3) is 0.571. The quantitative estimate of drug-likeness (QED) is 0.831. The van der Waals surface area contributed by atoms with Gasteiger partial charge in [0, 0.05) is 30.8 Å². The summed E-state index contributed by atoms with van der Waals surface area (Å²) in [4.78, 5) is 2.24. The molecular weight excluding hydrogens is 253 g/mol. The standard InChI is InChI=1S/C14H19F3N2/c1-8-7-19(3)9(2)4-13(8)18-14-6-11(16)10(15)5-12(14)17/h5-6,8-9,13,18H,4,7H2,1-3H3. The van der Waals surface area contributed by atoms with E-state index in [1.165, 1.54) is 0 Å². The molecule has 0 spiro atoms. The summed E-state index contributed by atoms with van der Waals surface area (Å²) in [5.74, 6) is -2.63. The first-order valence-electron chi connectivity index (χ1n) is 6.49. The maximum absolute atomic E-state index is 13.6. The van der Waals surface area contributed by atoms with Crippen LogP contribution in [0.3, 0.4) is 0 Å². The summed E-state index contributed by atoms with van der Waals surface area (Å²) >= 11 is 0. The lowest BCUT2D eigenvalue weighted by molar-refractivity contribution is 0.145. The van der Waals surface area contributed by atoms with Crippen molar-refractivity contribution in [1.29, 1.82) is 0 Å². The minimum Gasteiger partial charge on any atom is -0.379 e. The number of anilines is 1. The van der Waals surface area contributed by atoms with Crippen LogP contribution in [-0.2, 0) is 0 Å². The highest BCUT2D eigenvalue weighted by molar-refractivity contribution is 5.46. The molecule has 2 rings (SSSR count). The Balaban J connectivity index is 2.15. The zero-order chi connectivity index (χ0) is 14.2. The van der Waals surface area contributed by atoms with Gasteiger partial charge in [0.25, 0.3) is 0 Å². The lowest BCUT2D eigenvalue weighted by Crippen LogP contribution is -2.48. The Hall–Kier alpha value is -1.23. The molecule has 5 heteroatoms. The smallest absolute Gasteiger partial charge is 0.161 e. The fourth-order valence-electron chi connectivity index (χ4n) is 2.58. The van der Waals surface area contributed by atoms with Crippen molar-refractivity contribution < 1.29 is 13.2 Å². The number of hydrogen-bond donors (Lipinski definition) is 1. The second-order valence-electron chi connectivity index (χ2n) is 5.50. The Kier molecular flexibility index (Phi) is 4.04. The molecule has 1 aromatic carbocycles. The molecule has 3 atom stereocenters. The molecule has 3 unspecified atom stereocenters. The van der Waals surface area contributed by atoms with Gasteiger partial charge in [-0.05, 0) is 26.3 Å². The Labute approximate surface area is 111 Å². The molecule has 0 amide bonds. The predicted molar refractivity (Wildman–Crippen MR) is 69.6 cm³/mol. The van der Waals surface area contributed by atoms with E-state index in [-0.39, 0.29) is 11.7 Å². The second kappa shape index (κ2) is 5.41. The zero-order valence-electron chi connectivity index (χ0n) is 11.4. The van der Waals surface area contributed by atoms with E-state index in [9.17, 15) is 13.2 Å². The number of rotatable bonds is 2. The average Bonchev–Trinajstić information content (AvgIpc) is 2.32. The number of benzene rings is 1. The predicted octanol–water partition coefficient (Wildman–Crippen LogP) is 3.24. The van der Waals surface area contributed by atoms with Crippen molar-refractivity contribution in [3.05, 3.63) is 29.6 Å². The van der Waals surface area contributed by atoms with E-state index >= 15 is 0 Å². The van der Waals surface area contributed by atoms with Gasteiger partial charge in [-0.2, -0.15) is 0 Å². The molecule has 1 heterocycles. The molecule has 1 N–H and O–H groups in total. The van der Waals surface area contributed by atoms with Crippen LogP contribution in [0.2, 0.25) is 0 Å². The maximum Gasteiger partial charge on any atom is 0.161 e. The molecular formula is C14H19F3N2. The fourth-order valence-corrected chi connectivity index (χ4v) is 2.58. The number of piperidine rings is 1. The Morgan fingerprint density at radius 3 is 2.42 bits per heavy atom. The van der Waals surface area contributed by atoms with E-state index in [4.69, 9.17) is 0 Å². The second-order valence-corrected chi connectivity index (χ2v) is 5.50. The van der Waals surface area contributed by atoms with Gasteiger partial charge in [-0.15, -0.1) is 0 Å².